The van der Waals surface area contributed by atoms with Crippen LogP contribution >= 0.6 is 22.9 Å². The number of hydrogen-bond acceptors (Lipinski definition) is 5. The molecule has 1 aromatic carbocycles. The number of fused-ring (bicyclic) bond motifs is 1. The molecule has 1 atom stereocenters. The van der Waals surface area contributed by atoms with E-state index in [1.54, 1.807) is 29.7 Å². The van der Waals surface area contributed by atoms with Crippen LogP contribution in [0.25, 0.3) is 0 Å². The number of ether oxygens (including phenoxy) is 1. The smallest absolute Gasteiger partial charge is 0.318 e. The van der Waals surface area contributed by atoms with Gasteiger partial charge in [0.15, 0.2) is 0 Å². The Balaban J connectivity index is 1.53. The Morgan fingerprint density at radius 2 is 2.08 bits per heavy atom. The summed E-state index contributed by atoms with van der Waals surface area (Å²) in [6.07, 6.45) is 2.34. The van der Waals surface area contributed by atoms with Gasteiger partial charge in [-0.3, -0.25) is 4.79 Å². The van der Waals surface area contributed by atoms with E-state index in [4.69, 9.17) is 20.8 Å². The van der Waals surface area contributed by atoms with Gasteiger partial charge < -0.3 is 24.3 Å². The average Bonchev–Trinajstić information content (AvgIpc) is 3.50. The van der Waals surface area contributed by atoms with Gasteiger partial charge in [0.25, 0.3) is 0 Å². The third kappa shape index (κ3) is 6.42. The fourth-order valence-corrected chi connectivity index (χ4v) is 5.25. The van der Waals surface area contributed by atoms with Gasteiger partial charge in [-0.25, -0.2) is 4.79 Å². The molecule has 0 aliphatic carbocycles. The number of benzene rings is 1. The highest BCUT2D eigenvalue weighted by Crippen LogP contribution is 2.34. The molecule has 2 aromatic heterocycles. The van der Waals surface area contributed by atoms with E-state index in [0.29, 0.717) is 29.7 Å². The zero-order valence-electron chi connectivity index (χ0n) is 21.0. The van der Waals surface area contributed by atoms with Crippen molar-refractivity contribution in [2.24, 2.45) is 0 Å². The summed E-state index contributed by atoms with van der Waals surface area (Å²) in [5.74, 6) is 1.18. The molecule has 3 aromatic rings. The molecule has 7 nitrogen and oxygen atoms in total. The Labute approximate surface area is 221 Å². The lowest BCUT2D eigenvalue weighted by Crippen LogP contribution is -2.52. The molecule has 0 saturated heterocycles. The molecule has 3 heterocycles. The van der Waals surface area contributed by atoms with Gasteiger partial charge in [-0.1, -0.05) is 11.6 Å². The fraction of sp³-hybridized carbons (Fsp3) is 0.407. The third-order valence-corrected chi connectivity index (χ3v) is 7.40. The maximum Gasteiger partial charge on any atom is 0.318 e. The highest BCUT2D eigenvalue weighted by atomic mass is 35.5. The van der Waals surface area contributed by atoms with Crippen molar-refractivity contribution in [3.05, 3.63) is 74.8 Å². The first-order valence-electron chi connectivity index (χ1n) is 11.9. The number of amides is 3. The number of urea groups is 1. The molecule has 1 aliphatic heterocycles. The normalized spacial score (nSPS) is 15.4. The van der Waals surface area contributed by atoms with Gasteiger partial charge in [0.05, 0.1) is 18.8 Å². The van der Waals surface area contributed by atoms with Crippen molar-refractivity contribution in [2.45, 2.75) is 52.2 Å². The minimum Gasteiger partial charge on any atom is -0.491 e. The molecule has 0 radical (unpaired) electrons. The largest absolute Gasteiger partial charge is 0.491 e. The van der Waals surface area contributed by atoms with Crippen LogP contribution in [0.2, 0.25) is 5.02 Å². The minimum absolute atomic E-state index is 0.0708. The van der Waals surface area contributed by atoms with Gasteiger partial charge in [0.1, 0.15) is 24.7 Å². The van der Waals surface area contributed by atoms with Gasteiger partial charge in [0, 0.05) is 22.0 Å². The third-order valence-electron chi connectivity index (χ3n) is 5.97. The first-order chi connectivity index (χ1) is 17.1. The summed E-state index contributed by atoms with van der Waals surface area (Å²) in [5.41, 5.74) is 1.59. The summed E-state index contributed by atoms with van der Waals surface area (Å²) in [6, 6.07) is 10.6. The van der Waals surface area contributed by atoms with Crippen molar-refractivity contribution >= 4 is 34.9 Å². The van der Waals surface area contributed by atoms with Crippen molar-refractivity contribution in [2.75, 3.05) is 19.7 Å². The minimum atomic E-state index is -0.439. The van der Waals surface area contributed by atoms with Crippen LogP contribution in [-0.4, -0.2) is 47.0 Å². The Bertz CT molecular complexity index is 1200. The highest BCUT2D eigenvalue weighted by molar-refractivity contribution is 7.10. The molecule has 0 spiro atoms. The second-order valence-electron chi connectivity index (χ2n) is 9.99. The summed E-state index contributed by atoms with van der Waals surface area (Å²) in [4.78, 5) is 31.3. The number of thiophene rings is 1. The first-order valence-corrected chi connectivity index (χ1v) is 13.2. The molecular formula is C27H32ClN3O4S. The molecule has 0 fully saturated rings. The van der Waals surface area contributed by atoms with Crippen LogP contribution in [0, 0.1) is 6.92 Å². The standard InChI is InChI=1S/C27H32ClN3O4S/c1-18-14-19(7-8-22(18)28)35-17-23-21-10-13-36-24(21)9-11-31(23)25(32)16-30(15-20-6-5-12-34-20)26(33)29-27(2,3)4/h5-8,10,12-14,23H,9,11,15-17H2,1-4H3,(H,29,33)/t23-/m1/s1. The Morgan fingerprint density at radius 1 is 1.28 bits per heavy atom. The number of carbonyl (C=O) groups excluding carboxylic acids is 2. The van der Waals surface area contributed by atoms with E-state index < -0.39 is 5.54 Å². The number of rotatable bonds is 7. The summed E-state index contributed by atoms with van der Waals surface area (Å²) >= 11 is 7.86. The predicted molar refractivity (Wildman–Crippen MR) is 142 cm³/mol. The van der Waals surface area contributed by atoms with Crippen LogP contribution in [0.5, 0.6) is 5.75 Å². The average molecular weight is 530 g/mol. The lowest BCUT2D eigenvalue weighted by molar-refractivity contribution is -0.135. The number of hydrogen-bond donors (Lipinski definition) is 1. The quantitative estimate of drug-likeness (QED) is 0.418. The topological polar surface area (TPSA) is 75.0 Å². The van der Waals surface area contributed by atoms with Gasteiger partial charge in [-0.2, -0.15) is 0 Å². The van der Waals surface area contributed by atoms with Crippen LogP contribution in [0.1, 0.15) is 48.6 Å². The molecule has 4 rings (SSSR count). The number of halogens is 1. The lowest BCUT2D eigenvalue weighted by atomic mass is 10.0. The Morgan fingerprint density at radius 3 is 2.78 bits per heavy atom. The maximum atomic E-state index is 13.7. The van der Waals surface area contributed by atoms with Crippen molar-refractivity contribution in [1.29, 1.82) is 0 Å². The van der Waals surface area contributed by atoms with E-state index in [-0.39, 0.29) is 31.1 Å². The molecule has 0 unspecified atom stereocenters. The summed E-state index contributed by atoms with van der Waals surface area (Å²) in [5, 5.41) is 5.70. The van der Waals surface area contributed by atoms with E-state index in [9.17, 15) is 9.59 Å². The van der Waals surface area contributed by atoms with Gasteiger partial charge in [-0.05, 0) is 87.0 Å². The maximum absolute atomic E-state index is 13.7. The van der Waals surface area contributed by atoms with Crippen molar-refractivity contribution in [3.63, 3.8) is 0 Å². The molecule has 1 aliphatic rings. The van der Waals surface area contributed by atoms with E-state index >= 15 is 0 Å². The number of nitrogens with one attached hydrogen (secondary N) is 1. The number of furan rings is 1. The highest BCUT2D eigenvalue weighted by Gasteiger charge is 2.34. The predicted octanol–water partition coefficient (Wildman–Crippen LogP) is 5.82. The molecular weight excluding hydrogens is 498 g/mol. The van der Waals surface area contributed by atoms with Crippen LogP contribution < -0.4 is 10.1 Å². The summed E-state index contributed by atoms with van der Waals surface area (Å²) in [7, 11) is 0. The summed E-state index contributed by atoms with van der Waals surface area (Å²) < 4.78 is 11.6. The second kappa shape index (κ2) is 11.0. The van der Waals surface area contributed by atoms with Crippen LogP contribution in [0.15, 0.2) is 52.5 Å². The number of carbonyl (C=O) groups is 2. The van der Waals surface area contributed by atoms with Crippen LogP contribution in [0.4, 0.5) is 4.79 Å². The van der Waals surface area contributed by atoms with Gasteiger partial charge in [-0.15, -0.1) is 11.3 Å². The Hall–Kier alpha value is -2.97. The van der Waals surface area contributed by atoms with E-state index in [0.717, 1.165) is 17.5 Å². The molecule has 36 heavy (non-hydrogen) atoms. The molecule has 0 saturated carbocycles. The van der Waals surface area contributed by atoms with E-state index in [1.807, 2.05) is 50.8 Å². The lowest BCUT2D eigenvalue weighted by Gasteiger charge is -2.37. The number of nitrogens with zero attached hydrogens (tertiary/aromatic N) is 2. The van der Waals surface area contributed by atoms with Crippen molar-refractivity contribution in [3.8, 4) is 5.75 Å². The fourth-order valence-electron chi connectivity index (χ4n) is 4.20. The SMILES string of the molecule is Cc1cc(OC[C@@H]2c3ccsc3CCN2C(=O)CN(Cc2ccco2)C(=O)NC(C)(C)C)ccc1Cl. The molecule has 9 heteroatoms. The molecule has 0 bridgehead atoms. The van der Waals surface area contributed by atoms with E-state index in [2.05, 4.69) is 16.8 Å². The number of aryl methyl sites for hydroxylation is 1. The Kier molecular flexibility index (Phi) is 7.95. The van der Waals surface area contributed by atoms with Crippen molar-refractivity contribution in [1.82, 2.24) is 15.1 Å². The van der Waals surface area contributed by atoms with Crippen LogP contribution in [-0.2, 0) is 17.8 Å². The van der Waals surface area contributed by atoms with E-state index in [1.165, 1.54) is 9.78 Å². The zero-order chi connectivity index (χ0) is 25.9. The monoisotopic (exact) mass is 529 g/mol. The zero-order valence-corrected chi connectivity index (χ0v) is 22.6. The molecule has 3 amide bonds. The van der Waals surface area contributed by atoms with Crippen LogP contribution in [0.3, 0.4) is 0 Å². The first kappa shape index (κ1) is 26.1. The van der Waals surface area contributed by atoms with Gasteiger partial charge in [0.2, 0.25) is 5.91 Å². The molecule has 192 valence electrons. The van der Waals surface area contributed by atoms with Crippen molar-refractivity contribution < 1.29 is 18.7 Å². The second-order valence-corrected chi connectivity index (χ2v) is 11.4. The summed E-state index contributed by atoms with van der Waals surface area (Å²) in [6.45, 7) is 8.66. The van der Waals surface area contributed by atoms with Gasteiger partial charge >= 0.3 is 6.03 Å². The molecule has 1 N–H and O–H groups in total.